The van der Waals surface area contributed by atoms with E-state index in [1.54, 1.807) is 0 Å². The minimum atomic E-state index is 0.465. The molecule has 0 aliphatic carbocycles. The van der Waals surface area contributed by atoms with Crippen LogP contribution >= 0.6 is 11.3 Å². The van der Waals surface area contributed by atoms with Crippen molar-refractivity contribution >= 4 is 27.4 Å². The van der Waals surface area contributed by atoms with Crippen molar-refractivity contribution in [2.75, 3.05) is 12.3 Å². The predicted octanol–water partition coefficient (Wildman–Crippen LogP) is 4.12. The Balaban J connectivity index is 1.77. The van der Waals surface area contributed by atoms with Gasteiger partial charge in [0, 0.05) is 34.3 Å². The second-order valence-corrected chi connectivity index (χ2v) is 6.63. The summed E-state index contributed by atoms with van der Waals surface area (Å²) in [5.41, 5.74) is 9.62. The lowest BCUT2D eigenvalue weighted by Crippen LogP contribution is -1.97. The van der Waals surface area contributed by atoms with E-state index in [2.05, 4.69) is 33.2 Å². The van der Waals surface area contributed by atoms with Crippen molar-refractivity contribution in [3.8, 4) is 27.7 Å². The molecule has 0 aliphatic heterocycles. The number of hydrogen-bond acceptors (Lipinski definition) is 6. The van der Waals surface area contributed by atoms with Gasteiger partial charge >= 0.3 is 0 Å². The predicted molar refractivity (Wildman–Crippen MR) is 101 cm³/mol. The molecule has 4 rings (SSSR count). The summed E-state index contributed by atoms with van der Waals surface area (Å²) in [6.45, 7) is 2.73. The van der Waals surface area contributed by atoms with Gasteiger partial charge in [0.1, 0.15) is 5.01 Å². The van der Waals surface area contributed by atoms with Gasteiger partial charge < -0.3 is 15.5 Å². The average Bonchev–Trinajstić information content (AvgIpc) is 3.26. The Morgan fingerprint density at radius 2 is 2.12 bits per heavy atom. The van der Waals surface area contributed by atoms with Gasteiger partial charge in [-0.05, 0) is 30.7 Å². The fraction of sp³-hybridized carbons (Fsp3) is 0.167. The number of nitrogens with one attached hydrogen (secondary N) is 1. The molecular weight excluding hydrogens is 334 g/mol. The second-order valence-electron chi connectivity index (χ2n) is 5.62. The van der Waals surface area contributed by atoms with Gasteiger partial charge in [-0.15, -0.1) is 10.2 Å². The van der Waals surface area contributed by atoms with Crippen molar-refractivity contribution in [3.05, 3.63) is 42.6 Å². The van der Waals surface area contributed by atoms with E-state index in [9.17, 15) is 0 Å². The molecule has 0 spiro atoms. The highest BCUT2D eigenvalue weighted by atomic mass is 32.1. The van der Waals surface area contributed by atoms with E-state index in [4.69, 9.17) is 10.5 Å². The number of nitrogen functional groups attached to an aromatic ring is 1. The van der Waals surface area contributed by atoms with Crippen molar-refractivity contribution in [2.24, 2.45) is 0 Å². The van der Waals surface area contributed by atoms with Crippen LogP contribution in [0, 0.1) is 0 Å². The minimum absolute atomic E-state index is 0.465. The molecule has 0 radical (unpaired) electrons. The zero-order valence-electron chi connectivity index (χ0n) is 13.7. The molecule has 0 saturated heterocycles. The third-order valence-corrected chi connectivity index (χ3v) is 4.62. The van der Waals surface area contributed by atoms with E-state index in [-0.39, 0.29) is 0 Å². The van der Waals surface area contributed by atoms with Crippen molar-refractivity contribution in [3.63, 3.8) is 0 Å². The molecule has 0 amide bonds. The molecule has 126 valence electrons. The summed E-state index contributed by atoms with van der Waals surface area (Å²) in [6, 6.07) is 11.9. The molecule has 0 fully saturated rings. The molecule has 1 aromatic carbocycles. The smallest absolute Gasteiger partial charge is 0.213 e. The molecular formula is C18H17N5OS. The number of aromatic amines is 1. The Kier molecular flexibility index (Phi) is 4.07. The Bertz CT molecular complexity index is 1020. The van der Waals surface area contributed by atoms with E-state index in [1.807, 2.05) is 36.5 Å². The molecule has 7 heteroatoms. The van der Waals surface area contributed by atoms with Crippen molar-refractivity contribution in [1.82, 2.24) is 20.2 Å². The Hall–Kier alpha value is -2.93. The second kappa shape index (κ2) is 6.52. The van der Waals surface area contributed by atoms with Gasteiger partial charge in [0.2, 0.25) is 11.0 Å². The lowest BCUT2D eigenvalue weighted by Gasteiger charge is -2.05. The first-order valence-electron chi connectivity index (χ1n) is 8.05. The van der Waals surface area contributed by atoms with Crippen molar-refractivity contribution in [1.29, 1.82) is 0 Å². The first kappa shape index (κ1) is 15.6. The summed E-state index contributed by atoms with van der Waals surface area (Å²) < 4.78 is 5.65. The number of ether oxygens (including phenoxy) is 1. The maximum absolute atomic E-state index is 5.70. The molecule has 25 heavy (non-hydrogen) atoms. The van der Waals surface area contributed by atoms with Gasteiger partial charge in [-0.1, -0.05) is 24.3 Å². The summed E-state index contributed by atoms with van der Waals surface area (Å²) in [6.07, 6.45) is 2.92. The summed E-state index contributed by atoms with van der Waals surface area (Å²) in [7, 11) is 0. The lowest BCUT2D eigenvalue weighted by atomic mass is 10.1. The molecule has 0 saturated carbocycles. The number of rotatable bonds is 5. The number of aromatic nitrogens is 4. The molecule has 3 N–H and O–H groups in total. The lowest BCUT2D eigenvalue weighted by molar-refractivity contribution is 0.305. The van der Waals surface area contributed by atoms with E-state index < -0.39 is 0 Å². The minimum Gasteiger partial charge on any atom is -0.478 e. The van der Waals surface area contributed by atoms with Gasteiger partial charge in [-0.25, -0.2) is 4.98 Å². The summed E-state index contributed by atoms with van der Waals surface area (Å²) in [4.78, 5) is 7.92. The standard InChI is InChI=1S/C18H17N5OS/c1-2-8-24-16-5-3-4-15(21-16)13-10-20-14-7-6-11(9-12(13)14)17-22-23-18(19)25-17/h3-7,9-10,20H,2,8H2,1H3,(H2,19,23). The third kappa shape index (κ3) is 3.06. The fourth-order valence-electron chi connectivity index (χ4n) is 2.67. The Morgan fingerprint density at radius 3 is 2.92 bits per heavy atom. The van der Waals surface area contributed by atoms with Crippen LogP contribution in [0.25, 0.3) is 32.7 Å². The molecule has 4 aromatic rings. The van der Waals surface area contributed by atoms with E-state index in [1.165, 1.54) is 11.3 Å². The number of nitrogens with zero attached hydrogens (tertiary/aromatic N) is 3. The molecule has 3 heterocycles. The van der Waals surface area contributed by atoms with Crippen LogP contribution in [0.4, 0.5) is 5.13 Å². The topological polar surface area (TPSA) is 89.7 Å². The van der Waals surface area contributed by atoms with E-state index in [0.717, 1.165) is 39.2 Å². The zero-order valence-corrected chi connectivity index (χ0v) is 14.5. The average molecular weight is 351 g/mol. The molecule has 0 bridgehead atoms. The van der Waals surface area contributed by atoms with Crippen molar-refractivity contribution in [2.45, 2.75) is 13.3 Å². The number of H-pyrrole nitrogens is 1. The quantitative estimate of drug-likeness (QED) is 0.564. The first-order valence-corrected chi connectivity index (χ1v) is 8.87. The van der Waals surface area contributed by atoms with Crippen LogP contribution in [0.2, 0.25) is 0 Å². The van der Waals surface area contributed by atoms with Gasteiger partial charge in [-0.3, -0.25) is 0 Å². The fourth-order valence-corrected chi connectivity index (χ4v) is 3.27. The third-order valence-electron chi connectivity index (χ3n) is 3.82. The summed E-state index contributed by atoms with van der Waals surface area (Å²) in [5, 5.41) is 10.4. The van der Waals surface area contributed by atoms with Crippen LogP contribution in [0.3, 0.4) is 0 Å². The molecule has 3 aromatic heterocycles. The Morgan fingerprint density at radius 1 is 1.20 bits per heavy atom. The summed E-state index contributed by atoms with van der Waals surface area (Å²) in [5.74, 6) is 0.641. The van der Waals surface area contributed by atoms with Gasteiger partial charge in [0.05, 0.1) is 12.3 Å². The molecule has 0 unspecified atom stereocenters. The van der Waals surface area contributed by atoms with Gasteiger partial charge in [0.15, 0.2) is 0 Å². The van der Waals surface area contributed by atoms with Crippen LogP contribution in [-0.2, 0) is 0 Å². The van der Waals surface area contributed by atoms with E-state index >= 15 is 0 Å². The number of pyridine rings is 1. The van der Waals surface area contributed by atoms with Crippen LogP contribution in [0.5, 0.6) is 5.88 Å². The first-order chi connectivity index (χ1) is 12.2. The maximum atomic E-state index is 5.70. The number of fused-ring (bicyclic) bond motifs is 1. The Labute approximate surface area is 148 Å². The molecule has 0 atom stereocenters. The maximum Gasteiger partial charge on any atom is 0.213 e. The van der Waals surface area contributed by atoms with Crippen LogP contribution in [0.15, 0.2) is 42.6 Å². The largest absolute Gasteiger partial charge is 0.478 e. The van der Waals surface area contributed by atoms with Gasteiger partial charge in [0.25, 0.3) is 0 Å². The zero-order chi connectivity index (χ0) is 17.2. The number of benzene rings is 1. The van der Waals surface area contributed by atoms with Crippen LogP contribution in [0.1, 0.15) is 13.3 Å². The number of nitrogens with two attached hydrogens (primary N) is 1. The van der Waals surface area contributed by atoms with Gasteiger partial charge in [-0.2, -0.15) is 0 Å². The highest BCUT2D eigenvalue weighted by Crippen LogP contribution is 2.33. The van der Waals surface area contributed by atoms with Crippen LogP contribution in [-0.4, -0.2) is 26.8 Å². The SMILES string of the molecule is CCCOc1cccc(-c2c[nH]c3ccc(-c4nnc(N)s4)cc23)n1. The summed E-state index contributed by atoms with van der Waals surface area (Å²) >= 11 is 1.37. The van der Waals surface area contributed by atoms with Crippen LogP contribution < -0.4 is 10.5 Å². The highest BCUT2D eigenvalue weighted by Gasteiger charge is 2.11. The highest BCUT2D eigenvalue weighted by molar-refractivity contribution is 7.18. The molecule has 0 aliphatic rings. The number of hydrogen-bond donors (Lipinski definition) is 2. The molecule has 6 nitrogen and oxygen atoms in total. The van der Waals surface area contributed by atoms with Crippen molar-refractivity contribution < 1.29 is 4.74 Å². The normalized spacial score (nSPS) is 11.1. The monoisotopic (exact) mass is 351 g/mol. The van der Waals surface area contributed by atoms with E-state index in [0.29, 0.717) is 17.6 Å². The number of anilines is 1.